The standard InChI is InChI=1S/C11H11N5O2/c1-16-6-13-8-9(16)14-11(15-10(8)17)12-5-7-3-2-4-18-7/h2-4,6H,5H2,1H3,(H2,12,14,15,17). The maximum Gasteiger partial charge on any atom is 0.280 e. The zero-order valence-corrected chi connectivity index (χ0v) is 9.67. The molecule has 3 aromatic heterocycles. The minimum absolute atomic E-state index is 0.262. The summed E-state index contributed by atoms with van der Waals surface area (Å²) in [5, 5.41) is 3.00. The van der Waals surface area contributed by atoms with Gasteiger partial charge in [-0.05, 0) is 12.1 Å². The largest absolute Gasteiger partial charge is 0.467 e. The number of nitrogens with zero attached hydrogens (tertiary/aromatic N) is 3. The van der Waals surface area contributed by atoms with Crippen molar-refractivity contribution in [2.24, 2.45) is 7.05 Å². The zero-order chi connectivity index (χ0) is 12.5. The third kappa shape index (κ3) is 1.75. The highest BCUT2D eigenvalue weighted by Gasteiger charge is 2.08. The molecular weight excluding hydrogens is 234 g/mol. The van der Waals surface area contributed by atoms with E-state index in [4.69, 9.17) is 4.42 Å². The number of hydrogen-bond donors (Lipinski definition) is 2. The number of fused-ring (bicyclic) bond motifs is 1. The first kappa shape index (κ1) is 10.6. The Kier molecular flexibility index (Phi) is 2.36. The number of anilines is 1. The Hall–Kier alpha value is -2.57. The fourth-order valence-electron chi connectivity index (χ4n) is 1.68. The van der Waals surface area contributed by atoms with Gasteiger partial charge in [-0.3, -0.25) is 9.78 Å². The molecule has 0 saturated carbocycles. The van der Waals surface area contributed by atoms with Gasteiger partial charge in [0.2, 0.25) is 5.95 Å². The maximum atomic E-state index is 11.7. The Morgan fingerprint density at radius 1 is 1.56 bits per heavy atom. The van der Waals surface area contributed by atoms with Gasteiger partial charge in [0.05, 0.1) is 19.1 Å². The van der Waals surface area contributed by atoms with E-state index in [1.54, 1.807) is 30.3 Å². The molecule has 0 unspecified atom stereocenters. The lowest BCUT2D eigenvalue weighted by molar-refractivity contribution is 0.517. The first-order valence-electron chi connectivity index (χ1n) is 5.41. The first-order chi connectivity index (χ1) is 8.74. The summed E-state index contributed by atoms with van der Waals surface area (Å²) >= 11 is 0. The molecule has 0 aliphatic heterocycles. The summed E-state index contributed by atoms with van der Waals surface area (Å²) < 4.78 is 6.88. The van der Waals surface area contributed by atoms with E-state index >= 15 is 0 Å². The predicted octanol–water partition coefficient (Wildman–Crippen LogP) is 0.862. The molecule has 3 aromatic rings. The van der Waals surface area contributed by atoms with Crippen LogP contribution in [0.15, 0.2) is 33.9 Å². The van der Waals surface area contributed by atoms with Crippen molar-refractivity contribution in [3.63, 3.8) is 0 Å². The number of imidazole rings is 1. The number of aromatic amines is 1. The summed E-state index contributed by atoms with van der Waals surface area (Å²) in [6.07, 6.45) is 3.15. The SMILES string of the molecule is Cn1cnc2c(=O)[nH]c(NCc3ccco3)nc21. The molecule has 3 rings (SSSR count). The van der Waals surface area contributed by atoms with E-state index in [-0.39, 0.29) is 5.56 Å². The summed E-state index contributed by atoms with van der Waals surface area (Å²) in [5.74, 6) is 1.16. The van der Waals surface area contributed by atoms with Crippen LogP contribution >= 0.6 is 0 Å². The Labute approximate surface area is 101 Å². The van der Waals surface area contributed by atoms with Crippen molar-refractivity contribution in [2.45, 2.75) is 6.54 Å². The number of aromatic nitrogens is 4. The van der Waals surface area contributed by atoms with Crippen LogP contribution < -0.4 is 10.9 Å². The van der Waals surface area contributed by atoms with Gasteiger partial charge in [0.15, 0.2) is 11.2 Å². The van der Waals surface area contributed by atoms with Gasteiger partial charge in [0, 0.05) is 7.05 Å². The number of aryl methyl sites for hydroxylation is 1. The highest BCUT2D eigenvalue weighted by molar-refractivity contribution is 5.70. The molecule has 0 amide bonds. The molecule has 18 heavy (non-hydrogen) atoms. The molecule has 0 aliphatic rings. The average Bonchev–Trinajstić information content (AvgIpc) is 2.98. The van der Waals surface area contributed by atoms with Crippen molar-refractivity contribution >= 4 is 17.1 Å². The monoisotopic (exact) mass is 245 g/mol. The lowest BCUT2D eigenvalue weighted by atomic mass is 10.4. The minimum Gasteiger partial charge on any atom is -0.467 e. The molecule has 0 atom stereocenters. The summed E-state index contributed by atoms with van der Waals surface area (Å²) in [7, 11) is 1.79. The first-order valence-corrected chi connectivity index (χ1v) is 5.41. The lowest BCUT2D eigenvalue weighted by Crippen LogP contribution is -2.13. The molecule has 3 heterocycles. The van der Waals surface area contributed by atoms with Crippen LogP contribution in [0.5, 0.6) is 0 Å². The highest BCUT2D eigenvalue weighted by atomic mass is 16.3. The molecule has 7 nitrogen and oxygen atoms in total. The van der Waals surface area contributed by atoms with Crippen LogP contribution in [0.2, 0.25) is 0 Å². The molecule has 0 radical (unpaired) electrons. The molecule has 0 spiro atoms. The zero-order valence-electron chi connectivity index (χ0n) is 9.67. The third-order valence-corrected chi connectivity index (χ3v) is 2.58. The van der Waals surface area contributed by atoms with Gasteiger partial charge in [-0.2, -0.15) is 4.98 Å². The van der Waals surface area contributed by atoms with Crippen LogP contribution in [0, 0.1) is 0 Å². The normalized spacial score (nSPS) is 10.9. The fraction of sp³-hybridized carbons (Fsp3) is 0.182. The smallest absolute Gasteiger partial charge is 0.280 e. The summed E-state index contributed by atoms with van der Waals surface area (Å²) in [6, 6.07) is 3.64. The van der Waals surface area contributed by atoms with Gasteiger partial charge in [-0.25, -0.2) is 4.98 Å². The van der Waals surface area contributed by atoms with Crippen molar-refractivity contribution in [3.8, 4) is 0 Å². The molecule has 0 saturated heterocycles. The van der Waals surface area contributed by atoms with E-state index in [0.717, 1.165) is 5.76 Å². The van der Waals surface area contributed by atoms with E-state index in [2.05, 4.69) is 20.3 Å². The van der Waals surface area contributed by atoms with Crippen LogP contribution in [-0.2, 0) is 13.6 Å². The molecule has 0 bridgehead atoms. The number of furan rings is 1. The molecule has 2 N–H and O–H groups in total. The van der Waals surface area contributed by atoms with Gasteiger partial charge < -0.3 is 14.3 Å². The third-order valence-electron chi connectivity index (χ3n) is 2.58. The Bertz CT molecular complexity index is 726. The predicted molar refractivity (Wildman–Crippen MR) is 65.2 cm³/mol. The Morgan fingerprint density at radius 2 is 2.44 bits per heavy atom. The average molecular weight is 245 g/mol. The van der Waals surface area contributed by atoms with Crippen molar-refractivity contribution < 1.29 is 4.42 Å². The van der Waals surface area contributed by atoms with E-state index in [0.29, 0.717) is 23.7 Å². The minimum atomic E-state index is -0.262. The van der Waals surface area contributed by atoms with Gasteiger partial charge in [-0.15, -0.1) is 0 Å². The second kappa shape index (κ2) is 4.02. The van der Waals surface area contributed by atoms with Gasteiger partial charge in [-0.1, -0.05) is 0 Å². The molecule has 92 valence electrons. The van der Waals surface area contributed by atoms with Crippen molar-refractivity contribution in [2.75, 3.05) is 5.32 Å². The number of nitrogens with one attached hydrogen (secondary N) is 2. The molecular formula is C11H11N5O2. The van der Waals surface area contributed by atoms with Crippen LogP contribution in [0.25, 0.3) is 11.2 Å². The number of hydrogen-bond acceptors (Lipinski definition) is 5. The van der Waals surface area contributed by atoms with Crippen LogP contribution in [0.1, 0.15) is 5.76 Å². The van der Waals surface area contributed by atoms with Crippen LogP contribution in [0.3, 0.4) is 0 Å². The van der Waals surface area contributed by atoms with Crippen molar-refractivity contribution in [1.29, 1.82) is 0 Å². The topological polar surface area (TPSA) is 88.7 Å². The van der Waals surface area contributed by atoms with E-state index in [1.807, 2.05) is 6.07 Å². The quantitative estimate of drug-likeness (QED) is 0.714. The summed E-state index contributed by atoms with van der Waals surface area (Å²) in [4.78, 5) is 22.6. The maximum absolute atomic E-state index is 11.7. The summed E-state index contributed by atoms with van der Waals surface area (Å²) in [6.45, 7) is 0.458. The van der Waals surface area contributed by atoms with Crippen molar-refractivity contribution in [1.82, 2.24) is 19.5 Å². The second-order valence-corrected chi connectivity index (χ2v) is 3.88. The highest BCUT2D eigenvalue weighted by Crippen LogP contribution is 2.07. The number of H-pyrrole nitrogens is 1. The molecule has 0 aromatic carbocycles. The van der Waals surface area contributed by atoms with Gasteiger partial charge >= 0.3 is 0 Å². The van der Waals surface area contributed by atoms with Gasteiger partial charge in [0.1, 0.15) is 5.76 Å². The Morgan fingerprint density at radius 3 is 3.22 bits per heavy atom. The second-order valence-electron chi connectivity index (χ2n) is 3.88. The molecule has 0 fully saturated rings. The van der Waals surface area contributed by atoms with Gasteiger partial charge in [0.25, 0.3) is 5.56 Å². The van der Waals surface area contributed by atoms with Crippen molar-refractivity contribution in [3.05, 3.63) is 40.8 Å². The van der Waals surface area contributed by atoms with E-state index in [1.165, 1.54) is 0 Å². The fourth-order valence-corrected chi connectivity index (χ4v) is 1.68. The molecule has 7 heteroatoms. The lowest BCUT2D eigenvalue weighted by Gasteiger charge is -2.03. The van der Waals surface area contributed by atoms with Crippen LogP contribution in [0.4, 0.5) is 5.95 Å². The van der Waals surface area contributed by atoms with Crippen LogP contribution in [-0.4, -0.2) is 19.5 Å². The van der Waals surface area contributed by atoms with E-state index < -0.39 is 0 Å². The summed E-state index contributed by atoms with van der Waals surface area (Å²) in [5.41, 5.74) is 0.615. The molecule has 0 aliphatic carbocycles. The Balaban J connectivity index is 1.92. The van der Waals surface area contributed by atoms with E-state index in [9.17, 15) is 4.79 Å². The number of rotatable bonds is 3.